The van der Waals surface area contributed by atoms with Gasteiger partial charge in [0.05, 0.1) is 22.5 Å². The van der Waals surface area contributed by atoms with Crippen molar-refractivity contribution in [3.8, 4) is 0 Å². The van der Waals surface area contributed by atoms with Gasteiger partial charge < -0.3 is 9.64 Å². The van der Waals surface area contributed by atoms with Gasteiger partial charge in [0.1, 0.15) is 12.8 Å². The summed E-state index contributed by atoms with van der Waals surface area (Å²) in [4.78, 5) is 32.4. The SMILES string of the molecule is C=CCOC(=O)c1ccccc1N1C(=O)c2ccccc2N(C)C1c1ccc(C)s1. The number of amides is 1. The molecule has 0 saturated carbocycles. The minimum absolute atomic E-state index is 0.109. The Hall–Kier alpha value is -3.38. The maximum atomic E-state index is 13.7. The van der Waals surface area contributed by atoms with E-state index in [1.165, 1.54) is 6.08 Å². The lowest BCUT2D eigenvalue weighted by atomic mass is 10.0. The second-order valence-corrected chi connectivity index (χ2v) is 8.35. The number of thiophene rings is 1. The van der Waals surface area contributed by atoms with Gasteiger partial charge in [0.25, 0.3) is 5.91 Å². The molecule has 0 fully saturated rings. The lowest BCUT2D eigenvalue weighted by molar-refractivity contribution is 0.0550. The number of hydrogen-bond acceptors (Lipinski definition) is 5. The van der Waals surface area contributed by atoms with Crippen molar-refractivity contribution >= 4 is 34.6 Å². The highest BCUT2D eigenvalue weighted by Gasteiger charge is 2.39. The summed E-state index contributed by atoms with van der Waals surface area (Å²) in [7, 11) is 1.97. The van der Waals surface area contributed by atoms with Crippen LogP contribution < -0.4 is 9.80 Å². The number of para-hydroxylation sites is 2. The topological polar surface area (TPSA) is 49.9 Å². The first-order valence-electron chi connectivity index (χ1n) is 9.61. The summed E-state index contributed by atoms with van der Waals surface area (Å²) < 4.78 is 5.28. The first kappa shape index (κ1) is 19.9. The molecule has 0 radical (unpaired) electrons. The Morgan fingerprint density at radius 2 is 1.80 bits per heavy atom. The van der Waals surface area contributed by atoms with E-state index in [0.717, 1.165) is 15.4 Å². The van der Waals surface area contributed by atoms with Crippen molar-refractivity contribution in [1.29, 1.82) is 0 Å². The third-order valence-corrected chi connectivity index (χ3v) is 6.12. The standard InChI is InChI=1S/C24H22N2O3S/c1-4-15-29-24(28)18-10-6-8-12-20(18)26-22(21-14-13-16(2)30-21)25(3)19-11-7-5-9-17(19)23(26)27/h4-14,22H,1,15H2,2-3H3. The summed E-state index contributed by atoms with van der Waals surface area (Å²) in [5.74, 6) is -0.635. The first-order chi connectivity index (χ1) is 14.5. The number of aryl methyl sites for hydroxylation is 1. The van der Waals surface area contributed by atoms with Gasteiger partial charge in [-0.25, -0.2) is 4.79 Å². The minimum atomic E-state index is -0.485. The zero-order valence-corrected chi connectivity index (χ0v) is 17.7. The third kappa shape index (κ3) is 3.39. The van der Waals surface area contributed by atoms with E-state index < -0.39 is 5.97 Å². The molecule has 1 amide bonds. The van der Waals surface area contributed by atoms with Crippen LogP contribution in [0.15, 0.2) is 73.3 Å². The van der Waals surface area contributed by atoms with Gasteiger partial charge in [-0.1, -0.05) is 36.9 Å². The van der Waals surface area contributed by atoms with Crippen LogP contribution in [-0.4, -0.2) is 25.5 Å². The van der Waals surface area contributed by atoms with E-state index >= 15 is 0 Å². The smallest absolute Gasteiger partial charge is 0.340 e. The number of benzene rings is 2. The number of ether oxygens (including phenoxy) is 1. The Morgan fingerprint density at radius 1 is 1.10 bits per heavy atom. The molecule has 1 aromatic heterocycles. The van der Waals surface area contributed by atoms with Crippen LogP contribution in [0.4, 0.5) is 11.4 Å². The van der Waals surface area contributed by atoms with Crippen LogP contribution in [0.3, 0.4) is 0 Å². The maximum Gasteiger partial charge on any atom is 0.340 e. The number of rotatable bonds is 5. The van der Waals surface area contributed by atoms with Crippen LogP contribution in [0.25, 0.3) is 0 Å². The molecule has 1 unspecified atom stereocenters. The number of esters is 1. The molecular formula is C24H22N2O3S. The van der Waals surface area contributed by atoms with Crippen LogP contribution in [-0.2, 0) is 4.74 Å². The van der Waals surface area contributed by atoms with Gasteiger partial charge in [0.15, 0.2) is 0 Å². The van der Waals surface area contributed by atoms with E-state index in [9.17, 15) is 9.59 Å². The average molecular weight is 419 g/mol. The van der Waals surface area contributed by atoms with Crippen molar-refractivity contribution < 1.29 is 14.3 Å². The molecule has 2 aromatic carbocycles. The fourth-order valence-electron chi connectivity index (χ4n) is 3.73. The van der Waals surface area contributed by atoms with Crippen LogP contribution in [0, 0.1) is 6.92 Å². The van der Waals surface area contributed by atoms with E-state index in [1.807, 2.05) is 56.4 Å². The molecule has 30 heavy (non-hydrogen) atoms. The Bertz CT molecular complexity index is 1120. The predicted molar refractivity (Wildman–Crippen MR) is 120 cm³/mol. The Labute approximate surface area is 179 Å². The number of nitrogens with zero attached hydrogens (tertiary/aromatic N) is 2. The second-order valence-electron chi connectivity index (χ2n) is 7.03. The highest BCUT2D eigenvalue weighted by Crippen LogP contribution is 2.43. The molecule has 1 aliphatic heterocycles. The Morgan fingerprint density at radius 3 is 2.50 bits per heavy atom. The molecule has 0 N–H and O–H groups in total. The van der Waals surface area contributed by atoms with Crippen LogP contribution in [0.1, 0.15) is 36.6 Å². The zero-order chi connectivity index (χ0) is 21.3. The van der Waals surface area contributed by atoms with Gasteiger partial charge in [0.2, 0.25) is 0 Å². The molecule has 4 rings (SSSR count). The normalized spacial score (nSPS) is 15.7. The Balaban J connectivity index is 1.89. The molecule has 3 aromatic rings. The summed E-state index contributed by atoms with van der Waals surface area (Å²) in [5.41, 5.74) is 2.33. The summed E-state index contributed by atoms with van der Waals surface area (Å²) in [6.07, 6.45) is 1.15. The number of anilines is 2. The second kappa shape index (κ2) is 8.16. The average Bonchev–Trinajstić information content (AvgIpc) is 3.20. The third-order valence-electron chi connectivity index (χ3n) is 5.08. The molecular weight excluding hydrogens is 396 g/mol. The summed E-state index contributed by atoms with van der Waals surface area (Å²) in [6.45, 7) is 5.74. The first-order valence-corrected chi connectivity index (χ1v) is 10.4. The van der Waals surface area contributed by atoms with Crippen LogP contribution in [0.2, 0.25) is 0 Å². The minimum Gasteiger partial charge on any atom is -0.458 e. The van der Waals surface area contributed by atoms with Crippen LogP contribution in [0.5, 0.6) is 0 Å². The van der Waals surface area contributed by atoms with Crippen molar-refractivity contribution in [2.45, 2.75) is 13.1 Å². The quantitative estimate of drug-likeness (QED) is 0.422. The van der Waals surface area contributed by atoms with Gasteiger partial charge in [-0.2, -0.15) is 0 Å². The highest BCUT2D eigenvalue weighted by atomic mass is 32.1. The predicted octanol–water partition coefficient (Wildman–Crippen LogP) is 5.19. The van der Waals surface area contributed by atoms with E-state index in [1.54, 1.807) is 34.4 Å². The van der Waals surface area contributed by atoms with Gasteiger partial charge in [-0.05, 0) is 43.3 Å². The van der Waals surface area contributed by atoms with Crippen molar-refractivity contribution in [1.82, 2.24) is 0 Å². The lowest BCUT2D eigenvalue weighted by Crippen LogP contribution is -2.48. The summed E-state index contributed by atoms with van der Waals surface area (Å²) in [5, 5.41) is 0. The largest absolute Gasteiger partial charge is 0.458 e. The van der Waals surface area contributed by atoms with Gasteiger partial charge in [-0.3, -0.25) is 9.69 Å². The maximum absolute atomic E-state index is 13.7. The fourth-order valence-corrected chi connectivity index (χ4v) is 4.74. The van der Waals surface area contributed by atoms with E-state index in [4.69, 9.17) is 4.74 Å². The number of carbonyl (C=O) groups excluding carboxylic acids is 2. The fraction of sp³-hybridized carbons (Fsp3) is 0.167. The van der Waals surface area contributed by atoms with Crippen molar-refractivity contribution in [2.75, 3.05) is 23.5 Å². The number of carbonyl (C=O) groups is 2. The van der Waals surface area contributed by atoms with E-state index in [0.29, 0.717) is 16.8 Å². The summed E-state index contributed by atoms with van der Waals surface area (Å²) >= 11 is 1.64. The van der Waals surface area contributed by atoms with Gasteiger partial charge >= 0.3 is 5.97 Å². The molecule has 6 heteroatoms. The number of fused-ring (bicyclic) bond motifs is 1. The molecule has 1 aliphatic rings. The molecule has 2 heterocycles. The highest BCUT2D eigenvalue weighted by molar-refractivity contribution is 7.12. The van der Waals surface area contributed by atoms with Gasteiger partial charge in [0, 0.05) is 16.8 Å². The monoisotopic (exact) mass is 418 g/mol. The van der Waals surface area contributed by atoms with Crippen molar-refractivity contribution in [3.05, 3.63) is 94.2 Å². The molecule has 152 valence electrons. The lowest BCUT2D eigenvalue weighted by Gasteiger charge is -2.43. The molecule has 0 aliphatic carbocycles. The molecule has 5 nitrogen and oxygen atoms in total. The number of hydrogen-bond donors (Lipinski definition) is 0. The van der Waals surface area contributed by atoms with Crippen molar-refractivity contribution in [3.63, 3.8) is 0 Å². The molecule has 0 saturated heterocycles. The van der Waals surface area contributed by atoms with Gasteiger partial charge in [-0.15, -0.1) is 11.3 Å². The van der Waals surface area contributed by atoms with Crippen LogP contribution >= 0.6 is 11.3 Å². The van der Waals surface area contributed by atoms with E-state index in [-0.39, 0.29) is 18.7 Å². The summed E-state index contributed by atoms with van der Waals surface area (Å²) in [6, 6.07) is 18.7. The zero-order valence-electron chi connectivity index (χ0n) is 16.9. The molecule has 1 atom stereocenters. The molecule has 0 spiro atoms. The van der Waals surface area contributed by atoms with E-state index in [2.05, 4.69) is 11.5 Å². The molecule has 0 bridgehead atoms. The Kier molecular flexibility index (Phi) is 5.42. The van der Waals surface area contributed by atoms with Crippen molar-refractivity contribution in [2.24, 2.45) is 0 Å².